The molecule has 0 radical (unpaired) electrons. The second kappa shape index (κ2) is 6.20. The van der Waals surface area contributed by atoms with Crippen molar-refractivity contribution in [2.24, 2.45) is 0 Å². The highest BCUT2D eigenvalue weighted by atomic mass is 16.4. The minimum atomic E-state index is -1.08. The van der Waals surface area contributed by atoms with E-state index in [2.05, 4.69) is 10.3 Å². The van der Waals surface area contributed by atoms with Crippen LogP contribution in [0.1, 0.15) is 64.6 Å². The van der Waals surface area contributed by atoms with Crippen LogP contribution in [0.15, 0.2) is 24.3 Å². The molecule has 3 rings (SSSR count). The minimum absolute atomic E-state index is 0.0146. The van der Waals surface area contributed by atoms with Gasteiger partial charge >= 0.3 is 11.9 Å². The fraction of sp³-hybridized carbons (Fsp3) is 0.375. The molecule has 0 saturated heterocycles. The Morgan fingerprint density at radius 2 is 1.65 bits per heavy atom. The lowest BCUT2D eigenvalue weighted by molar-refractivity contribution is 0.0681. The Morgan fingerprint density at radius 1 is 1.00 bits per heavy atom. The zero-order chi connectivity index (χ0) is 16.4. The maximum Gasteiger partial charge on any atom is 0.358 e. The topological polar surface area (TPSA) is 105 Å². The van der Waals surface area contributed by atoms with Crippen molar-refractivity contribution in [3.8, 4) is 5.69 Å². The van der Waals surface area contributed by atoms with Crippen molar-refractivity contribution in [3.63, 3.8) is 0 Å². The van der Waals surface area contributed by atoms with E-state index in [1.54, 1.807) is 12.1 Å². The van der Waals surface area contributed by atoms with Gasteiger partial charge in [-0.3, -0.25) is 0 Å². The first-order valence-electron chi connectivity index (χ1n) is 7.60. The van der Waals surface area contributed by atoms with Crippen LogP contribution in [0.4, 0.5) is 0 Å². The molecule has 1 aliphatic rings. The number of aromatic nitrogens is 3. The Balaban J connectivity index is 2.04. The fourth-order valence-electron chi connectivity index (χ4n) is 3.12. The molecule has 7 nitrogen and oxygen atoms in total. The van der Waals surface area contributed by atoms with Crippen molar-refractivity contribution in [2.75, 3.05) is 0 Å². The molecule has 2 aromatic rings. The van der Waals surface area contributed by atoms with E-state index in [9.17, 15) is 14.7 Å². The maximum atomic E-state index is 11.5. The molecule has 1 aliphatic carbocycles. The molecule has 23 heavy (non-hydrogen) atoms. The van der Waals surface area contributed by atoms with Gasteiger partial charge in [0.15, 0.2) is 5.69 Å². The minimum Gasteiger partial charge on any atom is -0.478 e. The lowest BCUT2D eigenvalue weighted by Gasteiger charge is -2.22. The number of carboxylic acids is 2. The van der Waals surface area contributed by atoms with Crippen LogP contribution in [0.3, 0.4) is 0 Å². The summed E-state index contributed by atoms with van der Waals surface area (Å²) in [4.78, 5) is 22.4. The Kier molecular flexibility index (Phi) is 4.10. The highest BCUT2D eigenvalue weighted by molar-refractivity contribution is 5.88. The third-order valence-corrected chi connectivity index (χ3v) is 4.26. The predicted molar refractivity (Wildman–Crippen MR) is 81.1 cm³/mol. The monoisotopic (exact) mass is 315 g/mol. The van der Waals surface area contributed by atoms with Crippen LogP contribution in [-0.4, -0.2) is 37.1 Å². The molecule has 1 aromatic carbocycles. The molecule has 1 saturated carbocycles. The van der Waals surface area contributed by atoms with Gasteiger partial charge in [0, 0.05) is 5.92 Å². The summed E-state index contributed by atoms with van der Waals surface area (Å²) in [6.45, 7) is 0. The van der Waals surface area contributed by atoms with Crippen LogP contribution in [-0.2, 0) is 0 Å². The lowest BCUT2D eigenvalue weighted by atomic mass is 9.86. The number of aromatic carboxylic acids is 2. The summed E-state index contributed by atoms with van der Waals surface area (Å²) in [6, 6.07) is 6.20. The molecular weight excluding hydrogens is 298 g/mol. The standard InChI is InChI=1S/C16H17N3O4/c20-15(21)11-6-8-12(9-7-11)19-14(10-4-2-1-3-5-10)13(16(22)23)17-18-19/h6-10H,1-5H2,(H,20,21)(H,22,23). The molecule has 2 N–H and O–H groups in total. The number of carbonyl (C=O) groups is 2. The zero-order valence-corrected chi connectivity index (χ0v) is 12.5. The fourth-order valence-corrected chi connectivity index (χ4v) is 3.12. The van der Waals surface area contributed by atoms with Crippen LogP contribution >= 0.6 is 0 Å². The highest BCUT2D eigenvalue weighted by Crippen LogP contribution is 2.34. The predicted octanol–water partition coefficient (Wildman–Crippen LogP) is 2.71. The van der Waals surface area contributed by atoms with Gasteiger partial charge in [-0.2, -0.15) is 0 Å². The molecule has 0 aliphatic heterocycles. The molecular formula is C16H17N3O4. The third kappa shape index (κ3) is 2.94. The van der Waals surface area contributed by atoms with Crippen LogP contribution in [0.25, 0.3) is 5.69 Å². The summed E-state index contributed by atoms with van der Waals surface area (Å²) in [6.07, 6.45) is 5.12. The number of carboxylic acid groups (broad SMARTS) is 2. The van der Waals surface area contributed by atoms with Crippen LogP contribution in [0.5, 0.6) is 0 Å². The van der Waals surface area contributed by atoms with Gasteiger partial charge in [-0.05, 0) is 37.1 Å². The molecule has 1 aromatic heterocycles. The number of hydrogen-bond donors (Lipinski definition) is 2. The van der Waals surface area contributed by atoms with E-state index in [-0.39, 0.29) is 17.2 Å². The number of nitrogens with zero attached hydrogens (tertiary/aromatic N) is 3. The van der Waals surface area contributed by atoms with Crippen LogP contribution in [0, 0.1) is 0 Å². The van der Waals surface area contributed by atoms with Gasteiger partial charge in [0.25, 0.3) is 0 Å². The molecule has 0 unspecified atom stereocenters. The Labute approximate surface area is 132 Å². The molecule has 0 bridgehead atoms. The maximum absolute atomic E-state index is 11.5. The second-order valence-corrected chi connectivity index (χ2v) is 5.73. The van der Waals surface area contributed by atoms with Crippen LogP contribution in [0.2, 0.25) is 0 Å². The van der Waals surface area contributed by atoms with E-state index in [1.807, 2.05) is 0 Å². The molecule has 1 fully saturated rings. The van der Waals surface area contributed by atoms with Gasteiger partial charge in [0.1, 0.15) is 0 Å². The third-order valence-electron chi connectivity index (χ3n) is 4.26. The molecule has 120 valence electrons. The van der Waals surface area contributed by atoms with E-state index in [0.29, 0.717) is 11.4 Å². The lowest BCUT2D eigenvalue weighted by Crippen LogP contribution is -2.14. The summed E-state index contributed by atoms with van der Waals surface area (Å²) in [7, 11) is 0. The smallest absolute Gasteiger partial charge is 0.358 e. The Morgan fingerprint density at radius 3 is 2.22 bits per heavy atom. The average molecular weight is 315 g/mol. The summed E-state index contributed by atoms with van der Waals surface area (Å²) in [5.41, 5.74) is 1.39. The van der Waals surface area contributed by atoms with Gasteiger partial charge in [-0.25, -0.2) is 14.3 Å². The summed E-state index contributed by atoms with van der Waals surface area (Å²) < 4.78 is 1.53. The quantitative estimate of drug-likeness (QED) is 0.898. The van der Waals surface area contributed by atoms with E-state index >= 15 is 0 Å². The van der Waals surface area contributed by atoms with Gasteiger partial charge in [-0.15, -0.1) is 5.10 Å². The van der Waals surface area contributed by atoms with Crippen molar-refractivity contribution in [2.45, 2.75) is 38.0 Å². The summed E-state index contributed by atoms with van der Waals surface area (Å²) in [5.74, 6) is -1.98. The summed E-state index contributed by atoms with van der Waals surface area (Å²) in [5, 5.41) is 26.2. The Hall–Kier alpha value is -2.70. The first-order valence-corrected chi connectivity index (χ1v) is 7.60. The average Bonchev–Trinajstić information content (AvgIpc) is 3.01. The molecule has 0 amide bonds. The van der Waals surface area contributed by atoms with Crippen LogP contribution < -0.4 is 0 Å². The zero-order valence-electron chi connectivity index (χ0n) is 12.5. The second-order valence-electron chi connectivity index (χ2n) is 5.73. The molecule has 0 atom stereocenters. The van der Waals surface area contributed by atoms with Crippen molar-refractivity contribution < 1.29 is 19.8 Å². The van der Waals surface area contributed by atoms with Gasteiger partial charge in [0.05, 0.1) is 16.9 Å². The van der Waals surface area contributed by atoms with E-state index in [0.717, 1.165) is 32.1 Å². The van der Waals surface area contributed by atoms with Crippen molar-refractivity contribution >= 4 is 11.9 Å². The highest BCUT2D eigenvalue weighted by Gasteiger charge is 2.28. The van der Waals surface area contributed by atoms with E-state index < -0.39 is 11.9 Å². The van der Waals surface area contributed by atoms with E-state index in [4.69, 9.17) is 5.11 Å². The first kappa shape index (κ1) is 15.2. The van der Waals surface area contributed by atoms with Crippen molar-refractivity contribution in [3.05, 3.63) is 41.2 Å². The first-order chi connectivity index (χ1) is 11.1. The van der Waals surface area contributed by atoms with Gasteiger partial charge < -0.3 is 10.2 Å². The Bertz CT molecular complexity index is 730. The molecule has 7 heteroatoms. The van der Waals surface area contributed by atoms with Crippen molar-refractivity contribution in [1.29, 1.82) is 0 Å². The van der Waals surface area contributed by atoms with Gasteiger partial charge in [-0.1, -0.05) is 24.5 Å². The van der Waals surface area contributed by atoms with Crippen molar-refractivity contribution in [1.82, 2.24) is 15.0 Å². The number of benzene rings is 1. The largest absolute Gasteiger partial charge is 0.478 e. The summed E-state index contributed by atoms with van der Waals surface area (Å²) >= 11 is 0. The number of hydrogen-bond acceptors (Lipinski definition) is 4. The SMILES string of the molecule is O=C(O)c1ccc(-n2nnc(C(=O)O)c2C2CCCCC2)cc1. The van der Waals surface area contributed by atoms with Gasteiger partial charge in [0.2, 0.25) is 0 Å². The molecule has 0 spiro atoms. The number of rotatable bonds is 4. The normalized spacial score (nSPS) is 15.5. The van der Waals surface area contributed by atoms with E-state index in [1.165, 1.54) is 16.8 Å². The molecule has 1 heterocycles.